The monoisotopic (exact) mass is 533 g/mol. The number of hydrogen-bond donors (Lipinski definition) is 2. The molecular formula is C24H25F2N5O7. The fraction of sp³-hybridized carbons (Fsp3) is 0.542. The first-order chi connectivity index (χ1) is 18.2. The molecule has 0 saturated carbocycles. The van der Waals surface area contributed by atoms with Crippen molar-refractivity contribution < 1.29 is 42.0 Å². The number of aromatic nitrogens is 1. The molecule has 0 radical (unpaired) electrons. The molecule has 1 spiro atoms. The summed E-state index contributed by atoms with van der Waals surface area (Å²) in [5, 5.41) is 8.47. The highest BCUT2D eigenvalue weighted by molar-refractivity contribution is 6.20. The fourth-order valence-corrected chi connectivity index (χ4v) is 6.36. The third-order valence-electron chi connectivity index (χ3n) is 7.81. The smallest absolute Gasteiger partial charge is 0.416 e. The molecular weight excluding hydrogens is 508 g/mol. The van der Waals surface area contributed by atoms with Crippen LogP contribution < -0.4 is 20.4 Å². The van der Waals surface area contributed by atoms with Gasteiger partial charge >= 0.3 is 12.1 Å². The number of hydrogen-bond acceptors (Lipinski definition) is 9. The first-order valence-electron chi connectivity index (χ1n) is 12.4. The van der Waals surface area contributed by atoms with E-state index in [1.807, 2.05) is 0 Å². The molecule has 1 unspecified atom stereocenters. The van der Waals surface area contributed by atoms with Gasteiger partial charge in [-0.1, -0.05) is 5.16 Å². The number of amides is 5. The number of benzene rings is 1. The van der Waals surface area contributed by atoms with Gasteiger partial charge in [0.1, 0.15) is 6.61 Å². The second-order valence-electron chi connectivity index (χ2n) is 10.1. The van der Waals surface area contributed by atoms with Gasteiger partial charge in [0.15, 0.2) is 17.1 Å². The van der Waals surface area contributed by atoms with Crippen LogP contribution in [0.15, 0.2) is 10.6 Å². The number of ether oxygens (including phenoxy) is 2. The topological polar surface area (TPSA) is 143 Å². The summed E-state index contributed by atoms with van der Waals surface area (Å²) in [6, 6.07) is -0.844. The first kappa shape index (κ1) is 24.5. The predicted molar refractivity (Wildman–Crippen MR) is 126 cm³/mol. The van der Waals surface area contributed by atoms with E-state index in [0.29, 0.717) is 12.0 Å². The minimum atomic E-state index is -1.80. The maximum Gasteiger partial charge on any atom is 0.416 e. The number of alkyl halides is 1. The standard InChI is InChI=1S/C24H25F2N5O7/c1-10-8-30-16-12(7-24(18(30)11(2)37-10)20(32)27-22(34)28-21(24)33)6-14-17(15(16)26)38-29-19(14)31-13(4-3-5-25)9-36-23(31)35/h6,10-11,13,18H,3-5,7-9H2,1-2H3,(H2,27,28,32,33,34)/t10-,11+,13+,18?/m1/s1. The number of carbonyl (C=O) groups excluding carboxylic acids is 4. The Hall–Kier alpha value is -3.81. The summed E-state index contributed by atoms with van der Waals surface area (Å²) >= 11 is 0. The van der Waals surface area contributed by atoms with E-state index >= 15 is 4.39 Å². The van der Waals surface area contributed by atoms with E-state index in [-0.39, 0.29) is 54.6 Å². The zero-order valence-corrected chi connectivity index (χ0v) is 20.6. The number of nitrogens with one attached hydrogen (secondary N) is 2. The summed E-state index contributed by atoms with van der Waals surface area (Å²) in [6.07, 6.45) is -1.52. The average molecular weight is 533 g/mol. The summed E-state index contributed by atoms with van der Waals surface area (Å²) in [4.78, 5) is 54.0. The zero-order chi connectivity index (χ0) is 26.9. The minimum Gasteiger partial charge on any atom is -0.447 e. The van der Waals surface area contributed by atoms with Crippen LogP contribution in [0.25, 0.3) is 11.0 Å². The number of urea groups is 1. The Morgan fingerprint density at radius 2 is 1.92 bits per heavy atom. The Kier molecular flexibility index (Phi) is 5.56. The molecule has 0 aliphatic carbocycles. The van der Waals surface area contributed by atoms with E-state index < -0.39 is 60.0 Å². The van der Waals surface area contributed by atoms with E-state index in [9.17, 15) is 23.6 Å². The molecule has 4 atom stereocenters. The lowest BCUT2D eigenvalue weighted by Crippen LogP contribution is -2.75. The molecule has 1 aromatic carbocycles. The molecule has 3 saturated heterocycles. The molecule has 2 N–H and O–H groups in total. The summed E-state index contributed by atoms with van der Waals surface area (Å²) in [7, 11) is 0. The van der Waals surface area contributed by atoms with Crippen LogP contribution in [0.3, 0.4) is 0 Å². The van der Waals surface area contributed by atoms with Crippen molar-refractivity contribution in [1.82, 2.24) is 15.8 Å². The Morgan fingerprint density at radius 3 is 2.63 bits per heavy atom. The van der Waals surface area contributed by atoms with Gasteiger partial charge in [0.2, 0.25) is 17.4 Å². The average Bonchev–Trinajstić information content (AvgIpc) is 3.43. The van der Waals surface area contributed by atoms with Gasteiger partial charge in [0.05, 0.1) is 42.0 Å². The normalized spacial score (nSPS) is 28.3. The molecule has 202 valence electrons. The highest BCUT2D eigenvalue weighted by Gasteiger charge is 2.63. The van der Waals surface area contributed by atoms with Crippen LogP contribution in [-0.4, -0.2) is 73.2 Å². The van der Waals surface area contributed by atoms with Crippen molar-refractivity contribution in [3.8, 4) is 0 Å². The summed E-state index contributed by atoms with van der Waals surface area (Å²) < 4.78 is 45.5. The molecule has 12 nitrogen and oxygen atoms in total. The van der Waals surface area contributed by atoms with Gasteiger partial charge in [-0.25, -0.2) is 14.0 Å². The van der Waals surface area contributed by atoms with Crippen LogP contribution in [-0.2, 0) is 25.5 Å². The summed E-state index contributed by atoms with van der Waals surface area (Å²) in [6.45, 7) is 3.08. The van der Waals surface area contributed by atoms with Crippen molar-refractivity contribution in [1.29, 1.82) is 0 Å². The SMILES string of the molecule is C[C@@H]1CN2c3c(cc4c(N5C(=O)OC[C@@H]5CCCF)noc4c3F)CC3(C(=O)NC(=O)NC3=O)C2[C@H](C)O1. The highest BCUT2D eigenvalue weighted by atomic mass is 19.1. The number of cyclic esters (lactones) is 1. The van der Waals surface area contributed by atoms with Crippen LogP contribution in [0.2, 0.25) is 0 Å². The van der Waals surface area contributed by atoms with E-state index in [4.69, 9.17) is 14.0 Å². The van der Waals surface area contributed by atoms with Crippen LogP contribution in [0.4, 0.5) is 29.9 Å². The molecule has 2 aromatic rings. The number of barbiturate groups is 1. The summed E-state index contributed by atoms with van der Waals surface area (Å²) in [5.74, 6) is -2.38. The van der Waals surface area contributed by atoms with Gasteiger partial charge < -0.3 is 18.9 Å². The third kappa shape index (κ3) is 3.32. The molecule has 3 fully saturated rings. The first-order valence-corrected chi connectivity index (χ1v) is 12.4. The van der Waals surface area contributed by atoms with Crippen molar-refractivity contribution in [2.75, 3.05) is 29.6 Å². The van der Waals surface area contributed by atoms with Gasteiger partial charge in [-0.05, 0) is 38.3 Å². The van der Waals surface area contributed by atoms with E-state index in [1.165, 1.54) is 11.0 Å². The van der Waals surface area contributed by atoms with Crippen molar-refractivity contribution >= 4 is 46.4 Å². The minimum absolute atomic E-state index is 0.000621. The zero-order valence-electron chi connectivity index (χ0n) is 20.6. The molecule has 0 bridgehead atoms. The van der Waals surface area contributed by atoms with Crippen molar-refractivity contribution in [3.05, 3.63) is 17.4 Å². The lowest BCUT2D eigenvalue weighted by atomic mass is 9.66. The second-order valence-corrected chi connectivity index (χ2v) is 10.1. The van der Waals surface area contributed by atoms with Gasteiger partial charge in [-0.3, -0.25) is 29.5 Å². The van der Waals surface area contributed by atoms with E-state index in [1.54, 1.807) is 18.7 Å². The van der Waals surface area contributed by atoms with Gasteiger partial charge in [0.25, 0.3) is 0 Å². The number of carbonyl (C=O) groups is 4. The highest BCUT2D eigenvalue weighted by Crippen LogP contribution is 2.50. The largest absolute Gasteiger partial charge is 0.447 e. The Balaban J connectivity index is 1.53. The number of fused-ring (bicyclic) bond motifs is 5. The number of imide groups is 2. The molecule has 6 rings (SSSR count). The number of halogens is 2. The van der Waals surface area contributed by atoms with Crippen LogP contribution in [0.1, 0.15) is 32.3 Å². The Morgan fingerprint density at radius 1 is 1.18 bits per heavy atom. The predicted octanol–water partition coefficient (Wildman–Crippen LogP) is 1.93. The van der Waals surface area contributed by atoms with Gasteiger partial charge in [-0.15, -0.1) is 0 Å². The molecule has 1 aromatic heterocycles. The van der Waals surface area contributed by atoms with Crippen LogP contribution in [0.5, 0.6) is 0 Å². The lowest BCUT2D eigenvalue weighted by molar-refractivity contribution is -0.153. The molecule has 14 heteroatoms. The Labute approximate surface area is 214 Å². The number of rotatable bonds is 4. The lowest BCUT2D eigenvalue weighted by Gasteiger charge is -2.55. The number of anilines is 2. The van der Waals surface area contributed by atoms with Crippen molar-refractivity contribution in [2.45, 2.75) is 57.4 Å². The maximum absolute atomic E-state index is 16.2. The molecule has 5 amide bonds. The van der Waals surface area contributed by atoms with Gasteiger partial charge in [-0.2, -0.15) is 0 Å². The quantitative estimate of drug-likeness (QED) is 0.564. The molecule has 5 heterocycles. The van der Waals surface area contributed by atoms with E-state index in [2.05, 4.69) is 15.8 Å². The molecule has 4 aliphatic heterocycles. The summed E-state index contributed by atoms with van der Waals surface area (Å²) in [5.41, 5.74) is -1.58. The van der Waals surface area contributed by atoms with Crippen molar-refractivity contribution in [2.24, 2.45) is 5.41 Å². The molecule has 4 aliphatic rings. The van der Waals surface area contributed by atoms with Crippen LogP contribution in [0, 0.1) is 11.2 Å². The fourth-order valence-electron chi connectivity index (χ4n) is 6.36. The molecule has 38 heavy (non-hydrogen) atoms. The van der Waals surface area contributed by atoms with Crippen LogP contribution >= 0.6 is 0 Å². The van der Waals surface area contributed by atoms with Gasteiger partial charge in [0, 0.05) is 13.0 Å². The third-order valence-corrected chi connectivity index (χ3v) is 7.81. The maximum atomic E-state index is 16.2. The second kappa shape index (κ2) is 8.61. The van der Waals surface area contributed by atoms with Crippen molar-refractivity contribution in [3.63, 3.8) is 0 Å². The number of nitrogens with zero attached hydrogens (tertiary/aromatic N) is 3. The van der Waals surface area contributed by atoms with E-state index in [0.717, 1.165) is 0 Å². The number of morpholine rings is 1. The Bertz CT molecular complexity index is 1360.